The van der Waals surface area contributed by atoms with Crippen molar-refractivity contribution in [3.05, 3.63) is 0 Å². The van der Waals surface area contributed by atoms with Crippen molar-refractivity contribution in [1.29, 1.82) is 0 Å². The first-order valence-corrected chi connectivity index (χ1v) is 7.01. The van der Waals surface area contributed by atoms with Gasteiger partial charge >= 0.3 is 0 Å². The molecular weight excluding hydrogens is 196 g/mol. The third-order valence-corrected chi connectivity index (χ3v) is 3.01. The summed E-state index contributed by atoms with van der Waals surface area (Å²) in [5, 5.41) is 0. The Kier molecular flexibility index (Phi) is 8.96. The van der Waals surface area contributed by atoms with Gasteiger partial charge in [0.1, 0.15) is 0 Å². The third kappa shape index (κ3) is 13.9. The van der Waals surface area contributed by atoms with E-state index in [2.05, 4.69) is 35.2 Å². The van der Waals surface area contributed by atoms with Gasteiger partial charge in [0.05, 0.1) is 48.3 Å². The monoisotopic (exact) mass is 230 g/mol. The number of rotatable bonds is 10. The minimum atomic E-state index is 1.12. The summed E-state index contributed by atoms with van der Waals surface area (Å²) in [4.78, 5) is 1.59. The molecule has 0 aliphatic rings. The van der Waals surface area contributed by atoms with Gasteiger partial charge in [0.25, 0.3) is 0 Å². The zero-order valence-corrected chi connectivity index (χ0v) is 12.3. The Hall–Kier alpha value is -0.0800. The van der Waals surface area contributed by atoms with Crippen LogP contribution in [0.3, 0.4) is 0 Å². The van der Waals surface area contributed by atoms with Crippen LogP contribution in [0.15, 0.2) is 0 Å². The number of quaternary nitrogens is 2. The Bertz CT molecular complexity index is 147. The minimum absolute atomic E-state index is 1.12. The summed E-state index contributed by atoms with van der Waals surface area (Å²) < 4.78 is 1.12. The Morgan fingerprint density at radius 1 is 0.688 bits per heavy atom. The van der Waals surface area contributed by atoms with E-state index in [1.54, 1.807) is 4.90 Å². The zero-order chi connectivity index (χ0) is 12.4. The highest BCUT2D eigenvalue weighted by atomic mass is 15.3. The molecule has 0 saturated carbocycles. The summed E-state index contributed by atoms with van der Waals surface area (Å²) in [6.07, 6.45) is 9.98. The Labute approximate surface area is 103 Å². The molecule has 0 heterocycles. The van der Waals surface area contributed by atoms with Crippen LogP contribution in [0.25, 0.3) is 0 Å². The first-order chi connectivity index (χ1) is 7.42. The molecule has 0 fully saturated rings. The van der Waals surface area contributed by atoms with Gasteiger partial charge in [-0.25, -0.2) is 0 Å². The molecular formula is C14H34N2+2. The van der Waals surface area contributed by atoms with Crippen LogP contribution >= 0.6 is 0 Å². The van der Waals surface area contributed by atoms with Crippen LogP contribution in [0.5, 0.6) is 0 Å². The van der Waals surface area contributed by atoms with E-state index in [4.69, 9.17) is 0 Å². The van der Waals surface area contributed by atoms with Crippen LogP contribution in [-0.4, -0.2) is 52.8 Å². The molecule has 0 aliphatic carbocycles. The summed E-state index contributed by atoms with van der Waals surface area (Å²) >= 11 is 0. The fourth-order valence-electron chi connectivity index (χ4n) is 1.95. The van der Waals surface area contributed by atoms with Crippen molar-refractivity contribution in [2.45, 2.75) is 44.9 Å². The molecule has 16 heavy (non-hydrogen) atoms. The van der Waals surface area contributed by atoms with E-state index >= 15 is 0 Å². The fourth-order valence-corrected chi connectivity index (χ4v) is 1.95. The van der Waals surface area contributed by atoms with Gasteiger partial charge in [-0.3, -0.25) is 0 Å². The minimum Gasteiger partial charge on any atom is -0.340 e. The molecule has 2 nitrogen and oxygen atoms in total. The SMILES string of the molecule is C[NH+](C)CCCCCCCCC[N+](C)(C)C. The molecule has 0 spiro atoms. The normalized spacial score (nSPS) is 12.4. The maximum Gasteiger partial charge on any atom is 0.0780 e. The maximum absolute atomic E-state index is 2.28. The molecule has 0 radical (unpaired) electrons. The van der Waals surface area contributed by atoms with Crippen molar-refractivity contribution in [1.82, 2.24) is 0 Å². The van der Waals surface area contributed by atoms with Gasteiger partial charge in [0.15, 0.2) is 0 Å². The van der Waals surface area contributed by atoms with Crippen molar-refractivity contribution in [3.8, 4) is 0 Å². The Balaban J connectivity index is 3.05. The van der Waals surface area contributed by atoms with Crippen molar-refractivity contribution in [2.75, 3.05) is 48.3 Å². The first kappa shape index (κ1) is 15.9. The average Bonchev–Trinajstić information content (AvgIpc) is 2.13. The Morgan fingerprint density at radius 2 is 1.12 bits per heavy atom. The Morgan fingerprint density at radius 3 is 1.56 bits per heavy atom. The number of nitrogens with zero attached hydrogens (tertiary/aromatic N) is 1. The van der Waals surface area contributed by atoms with Gasteiger partial charge in [0, 0.05) is 0 Å². The highest BCUT2D eigenvalue weighted by Crippen LogP contribution is 2.07. The molecule has 0 bridgehead atoms. The second-order valence-electron chi connectivity index (χ2n) is 6.45. The third-order valence-electron chi connectivity index (χ3n) is 3.01. The van der Waals surface area contributed by atoms with E-state index in [-0.39, 0.29) is 0 Å². The molecule has 0 aromatic heterocycles. The standard InChI is InChI=1S/C14H33N2/c1-15(2)13-11-9-7-6-8-10-12-14-16(3,4)5/h6-14H2,1-5H3/q+1/p+1. The number of hydrogen-bond acceptors (Lipinski definition) is 0. The number of nitrogens with one attached hydrogen (secondary N) is 1. The van der Waals surface area contributed by atoms with E-state index in [0.29, 0.717) is 0 Å². The molecule has 1 N–H and O–H groups in total. The first-order valence-electron chi connectivity index (χ1n) is 7.01. The largest absolute Gasteiger partial charge is 0.340 e. The lowest BCUT2D eigenvalue weighted by Gasteiger charge is -2.23. The zero-order valence-electron chi connectivity index (χ0n) is 12.3. The van der Waals surface area contributed by atoms with Crippen LogP contribution in [0.4, 0.5) is 0 Å². The van der Waals surface area contributed by atoms with Crippen molar-refractivity contribution < 1.29 is 9.38 Å². The summed E-state index contributed by atoms with van der Waals surface area (Å²) in [7, 11) is 11.3. The summed E-state index contributed by atoms with van der Waals surface area (Å²) in [5.74, 6) is 0. The lowest BCUT2D eigenvalue weighted by atomic mass is 10.1. The molecule has 2 heteroatoms. The lowest BCUT2D eigenvalue weighted by Crippen LogP contribution is -3.05. The highest BCUT2D eigenvalue weighted by molar-refractivity contribution is 4.45. The van der Waals surface area contributed by atoms with Crippen molar-refractivity contribution in [3.63, 3.8) is 0 Å². The van der Waals surface area contributed by atoms with Crippen LogP contribution in [0.1, 0.15) is 44.9 Å². The summed E-state index contributed by atoms with van der Waals surface area (Å²) in [5.41, 5.74) is 0. The van der Waals surface area contributed by atoms with Crippen LogP contribution in [0.2, 0.25) is 0 Å². The molecule has 0 atom stereocenters. The topological polar surface area (TPSA) is 4.44 Å². The van der Waals surface area contributed by atoms with E-state index in [1.165, 1.54) is 58.0 Å². The van der Waals surface area contributed by atoms with Gasteiger partial charge in [-0.05, 0) is 25.7 Å². The molecule has 0 rings (SSSR count). The molecule has 0 aromatic rings. The van der Waals surface area contributed by atoms with E-state index in [9.17, 15) is 0 Å². The van der Waals surface area contributed by atoms with E-state index < -0.39 is 0 Å². The second kappa shape index (κ2) is 9.00. The molecule has 0 amide bonds. The molecule has 0 aromatic carbocycles. The molecule has 0 saturated heterocycles. The summed E-state index contributed by atoms with van der Waals surface area (Å²) in [6, 6.07) is 0. The second-order valence-corrected chi connectivity index (χ2v) is 6.45. The van der Waals surface area contributed by atoms with E-state index in [1.807, 2.05) is 0 Å². The van der Waals surface area contributed by atoms with Crippen LogP contribution < -0.4 is 4.90 Å². The van der Waals surface area contributed by atoms with Gasteiger partial charge < -0.3 is 9.38 Å². The molecule has 0 aliphatic heterocycles. The average molecular weight is 230 g/mol. The highest BCUT2D eigenvalue weighted by Gasteiger charge is 2.04. The molecule has 0 unspecified atom stereocenters. The van der Waals surface area contributed by atoms with E-state index in [0.717, 1.165) is 4.48 Å². The fraction of sp³-hybridized carbons (Fsp3) is 1.00. The van der Waals surface area contributed by atoms with Crippen molar-refractivity contribution >= 4 is 0 Å². The molecule has 98 valence electrons. The number of unbranched alkanes of at least 4 members (excludes halogenated alkanes) is 6. The van der Waals surface area contributed by atoms with Crippen LogP contribution in [0, 0.1) is 0 Å². The quantitative estimate of drug-likeness (QED) is 0.429. The maximum atomic E-state index is 2.28. The summed E-state index contributed by atoms with van der Waals surface area (Å²) in [6.45, 7) is 2.66. The van der Waals surface area contributed by atoms with Gasteiger partial charge in [0.2, 0.25) is 0 Å². The smallest absolute Gasteiger partial charge is 0.0780 e. The van der Waals surface area contributed by atoms with Crippen molar-refractivity contribution in [2.24, 2.45) is 0 Å². The predicted octanol–water partition coefficient (Wildman–Crippen LogP) is 1.57. The van der Waals surface area contributed by atoms with Gasteiger partial charge in [-0.1, -0.05) is 19.3 Å². The number of hydrogen-bond donors (Lipinski definition) is 1. The van der Waals surface area contributed by atoms with Crippen LogP contribution in [-0.2, 0) is 0 Å². The van der Waals surface area contributed by atoms with Gasteiger partial charge in [-0.2, -0.15) is 0 Å². The lowest BCUT2D eigenvalue weighted by molar-refractivity contribution is -0.870. The van der Waals surface area contributed by atoms with Gasteiger partial charge in [-0.15, -0.1) is 0 Å². The predicted molar refractivity (Wildman–Crippen MR) is 72.9 cm³/mol.